The van der Waals surface area contributed by atoms with Crippen molar-refractivity contribution in [3.8, 4) is 0 Å². The second kappa shape index (κ2) is 5.26. The van der Waals surface area contributed by atoms with Crippen molar-refractivity contribution in [3.05, 3.63) is 0 Å². The van der Waals surface area contributed by atoms with Crippen LogP contribution >= 0.6 is 0 Å². The van der Waals surface area contributed by atoms with Crippen LogP contribution in [0.3, 0.4) is 0 Å². The Balaban J connectivity index is 2.46. The molecule has 2 N–H and O–H groups in total. The van der Waals surface area contributed by atoms with Crippen LogP contribution < -0.4 is 5.73 Å². The highest BCUT2D eigenvalue weighted by atomic mass is 16.1. The van der Waals surface area contributed by atoms with Gasteiger partial charge in [0.1, 0.15) is 5.78 Å². The molecule has 0 aromatic heterocycles. The molecule has 2 atom stereocenters. The van der Waals surface area contributed by atoms with Crippen LogP contribution in [0.5, 0.6) is 0 Å². The topological polar surface area (TPSA) is 63.4 Å². The van der Waals surface area contributed by atoms with Crippen molar-refractivity contribution in [2.24, 2.45) is 11.7 Å². The molecule has 0 aromatic rings. The van der Waals surface area contributed by atoms with Gasteiger partial charge in [-0.2, -0.15) is 0 Å². The summed E-state index contributed by atoms with van der Waals surface area (Å²) in [5.41, 5.74) is 5.23. The van der Waals surface area contributed by atoms with Gasteiger partial charge in [0, 0.05) is 24.9 Å². The zero-order chi connectivity index (χ0) is 11.4. The second-order valence-corrected chi connectivity index (χ2v) is 4.50. The Morgan fingerprint density at radius 1 is 1.53 bits per heavy atom. The fraction of sp³-hybridized carbons (Fsp3) is 0.818. The lowest BCUT2D eigenvalue weighted by molar-refractivity contribution is -0.121. The lowest BCUT2D eigenvalue weighted by atomic mass is 10.1. The van der Waals surface area contributed by atoms with Crippen LogP contribution in [0.25, 0.3) is 0 Å². The fourth-order valence-electron chi connectivity index (χ4n) is 2.14. The molecule has 1 fully saturated rings. The lowest BCUT2D eigenvalue weighted by Gasteiger charge is -2.25. The monoisotopic (exact) mass is 212 g/mol. The van der Waals surface area contributed by atoms with Gasteiger partial charge in [-0.1, -0.05) is 6.92 Å². The predicted octanol–water partition coefficient (Wildman–Crippen LogP) is 0.551. The molecule has 0 spiro atoms. The number of ketones is 1. The third-order valence-electron chi connectivity index (χ3n) is 3.02. The van der Waals surface area contributed by atoms with Crippen LogP contribution in [0.15, 0.2) is 0 Å². The van der Waals surface area contributed by atoms with Gasteiger partial charge in [-0.05, 0) is 26.3 Å². The van der Waals surface area contributed by atoms with E-state index in [4.69, 9.17) is 5.73 Å². The highest BCUT2D eigenvalue weighted by Crippen LogP contribution is 2.21. The van der Waals surface area contributed by atoms with E-state index in [0.717, 1.165) is 19.4 Å². The number of rotatable bonds is 5. The van der Waals surface area contributed by atoms with Crippen molar-refractivity contribution in [1.82, 2.24) is 4.90 Å². The van der Waals surface area contributed by atoms with Crippen molar-refractivity contribution >= 4 is 11.7 Å². The summed E-state index contributed by atoms with van der Waals surface area (Å²) in [6.07, 6.45) is 2.78. The second-order valence-electron chi connectivity index (χ2n) is 4.50. The first-order valence-corrected chi connectivity index (χ1v) is 5.53. The maximum Gasteiger partial charge on any atom is 0.221 e. The summed E-state index contributed by atoms with van der Waals surface area (Å²) < 4.78 is 0. The van der Waals surface area contributed by atoms with Gasteiger partial charge < -0.3 is 5.73 Å². The Kier molecular flexibility index (Phi) is 4.27. The first-order valence-electron chi connectivity index (χ1n) is 5.53. The predicted molar refractivity (Wildman–Crippen MR) is 58.3 cm³/mol. The molecule has 1 heterocycles. The van der Waals surface area contributed by atoms with E-state index in [1.54, 1.807) is 6.92 Å². The minimum absolute atomic E-state index is 0.127. The van der Waals surface area contributed by atoms with Crippen molar-refractivity contribution in [3.63, 3.8) is 0 Å². The number of nitrogens with two attached hydrogens (primary N) is 1. The molecule has 1 rings (SSSR count). The van der Waals surface area contributed by atoms with E-state index in [1.807, 2.05) is 6.92 Å². The number of likely N-dealkylation sites (tertiary alicyclic amines) is 1. The summed E-state index contributed by atoms with van der Waals surface area (Å²) >= 11 is 0. The number of hydrogen-bond donors (Lipinski definition) is 1. The number of nitrogens with zero attached hydrogens (tertiary/aromatic N) is 1. The van der Waals surface area contributed by atoms with Gasteiger partial charge in [-0.3, -0.25) is 14.5 Å². The summed E-state index contributed by atoms with van der Waals surface area (Å²) in [6, 6.07) is 0.323. The number of amides is 1. The fourth-order valence-corrected chi connectivity index (χ4v) is 2.14. The Bertz CT molecular complexity index is 253. The van der Waals surface area contributed by atoms with E-state index in [2.05, 4.69) is 4.90 Å². The van der Waals surface area contributed by atoms with E-state index in [-0.39, 0.29) is 17.6 Å². The quantitative estimate of drug-likeness (QED) is 0.724. The first-order chi connectivity index (χ1) is 7.00. The highest BCUT2D eigenvalue weighted by Gasteiger charge is 2.27. The van der Waals surface area contributed by atoms with Gasteiger partial charge in [0.25, 0.3) is 0 Å². The summed E-state index contributed by atoms with van der Waals surface area (Å²) in [6.45, 7) is 5.13. The van der Waals surface area contributed by atoms with Crippen LogP contribution in [0.2, 0.25) is 0 Å². The molecule has 0 bridgehead atoms. The van der Waals surface area contributed by atoms with E-state index in [9.17, 15) is 9.59 Å². The van der Waals surface area contributed by atoms with Crippen LogP contribution in [0.4, 0.5) is 0 Å². The summed E-state index contributed by atoms with van der Waals surface area (Å²) in [5.74, 6) is -0.167. The van der Waals surface area contributed by atoms with Crippen LogP contribution in [0, 0.1) is 5.92 Å². The minimum atomic E-state index is -0.261. The third kappa shape index (κ3) is 3.63. The molecule has 15 heavy (non-hydrogen) atoms. The first kappa shape index (κ1) is 12.2. The number of carbonyl (C=O) groups excluding carboxylic acids is 2. The smallest absolute Gasteiger partial charge is 0.221 e. The molecule has 0 aliphatic carbocycles. The van der Waals surface area contributed by atoms with E-state index >= 15 is 0 Å². The maximum atomic E-state index is 11.0. The van der Waals surface area contributed by atoms with E-state index < -0.39 is 0 Å². The van der Waals surface area contributed by atoms with Gasteiger partial charge in [-0.25, -0.2) is 0 Å². The molecule has 2 unspecified atom stereocenters. The molecule has 4 nitrogen and oxygen atoms in total. The Morgan fingerprint density at radius 2 is 2.20 bits per heavy atom. The maximum absolute atomic E-state index is 11.0. The molecule has 86 valence electrons. The molecular weight excluding hydrogens is 192 g/mol. The van der Waals surface area contributed by atoms with Gasteiger partial charge in [-0.15, -0.1) is 0 Å². The average molecular weight is 212 g/mol. The lowest BCUT2D eigenvalue weighted by Crippen LogP contribution is -2.38. The normalized spacial score (nSPS) is 24.0. The number of primary amides is 1. The number of Topliss-reactive ketones (excluding diaryl/α,β-unsaturated/α-hetero) is 1. The Hall–Kier alpha value is -0.900. The molecule has 4 heteroatoms. The van der Waals surface area contributed by atoms with Crippen LogP contribution in [-0.2, 0) is 9.59 Å². The third-order valence-corrected chi connectivity index (χ3v) is 3.02. The highest BCUT2D eigenvalue weighted by molar-refractivity contribution is 5.77. The molecule has 0 aromatic carbocycles. The summed E-state index contributed by atoms with van der Waals surface area (Å²) in [4.78, 5) is 24.2. The van der Waals surface area contributed by atoms with Crippen molar-refractivity contribution < 1.29 is 9.59 Å². The number of carbonyl (C=O) groups is 2. The number of hydrogen-bond acceptors (Lipinski definition) is 3. The standard InChI is InChI=1S/C11H20N2O2/c1-8(11(12)15)7-13-5-3-4-10(13)6-9(2)14/h8,10H,3-7H2,1-2H3,(H2,12,15). The van der Waals surface area contributed by atoms with Gasteiger partial charge >= 0.3 is 0 Å². The largest absolute Gasteiger partial charge is 0.369 e. The molecule has 0 saturated carbocycles. The molecule has 1 aliphatic rings. The van der Waals surface area contributed by atoms with Gasteiger partial charge in [0.05, 0.1) is 0 Å². The molecular formula is C11H20N2O2. The van der Waals surface area contributed by atoms with Crippen molar-refractivity contribution in [1.29, 1.82) is 0 Å². The molecule has 1 aliphatic heterocycles. The van der Waals surface area contributed by atoms with Gasteiger partial charge in [0.15, 0.2) is 0 Å². The Morgan fingerprint density at radius 3 is 2.73 bits per heavy atom. The van der Waals surface area contributed by atoms with E-state index in [0.29, 0.717) is 19.0 Å². The van der Waals surface area contributed by atoms with Crippen molar-refractivity contribution in [2.45, 2.75) is 39.2 Å². The van der Waals surface area contributed by atoms with Gasteiger partial charge in [0.2, 0.25) is 5.91 Å². The molecule has 0 radical (unpaired) electrons. The minimum Gasteiger partial charge on any atom is -0.369 e. The Labute approximate surface area is 90.8 Å². The van der Waals surface area contributed by atoms with Crippen molar-refractivity contribution in [2.75, 3.05) is 13.1 Å². The van der Waals surface area contributed by atoms with E-state index in [1.165, 1.54) is 0 Å². The summed E-state index contributed by atoms with van der Waals surface area (Å²) in [7, 11) is 0. The van der Waals surface area contributed by atoms with Crippen LogP contribution in [0.1, 0.15) is 33.1 Å². The average Bonchev–Trinajstić information content (AvgIpc) is 2.51. The molecule has 1 saturated heterocycles. The summed E-state index contributed by atoms with van der Waals surface area (Å²) in [5, 5.41) is 0. The zero-order valence-corrected chi connectivity index (χ0v) is 9.53. The van der Waals surface area contributed by atoms with Crippen LogP contribution in [-0.4, -0.2) is 35.7 Å². The zero-order valence-electron chi connectivity index (χ0n) is 9.53. The molecule has 1 amide bonds. The SMILES string of the molecule is CC(=O)CC1CCCN1CC(C)C(N)=O.